The Morgan fingerprint density at radius 1 is 0.969 bits per heavy atom. The normalized spacial score (nSPS) is 14.6. The zero-order valence-corrected chi connectivity index (χ0v) is 18.9. The molecule has 0 N–H and O–H groups in total. The Morgan fingerprint density at radius 2 is 1.66 bits per heavy atom. The smallest absolute Gasteiger partial charge is 0.253 e. The van der Waals surface area contributed by atoms with Gasteiger partial charge in [0, 0.05) is 59.4 Å². The van der Waals surface area contributed by atoms with E-state index in [2.05, 4.69) is 4.90 Å². The van der Waals surface area contributed by atoms with Crippen LogP contribution in [-0.2, 0) is 0 Å². The highest BCUT2D eigenvalue weighted by Crippen LogP contribution is 2.22. The van der Waals surface area contributed by atoms with E-state index in [1.54, 1.807) is 41.3 Å². The molecule has 0 bridgehead atoms. The number of ketones is 1. The molecule has 166 valence electrons. The molecule has 1 aliphatic heterocycles. The van der Waals surface area contributed by atoms with Gasteiger partial charge in [-0.3, -0.25) is 14.5 Å². The molecular formula is C25H25ClFN3O2. The molecule has 0 aliphatic carbocycles. The second kappa shape index (κ2) is 9.27. The number of piperazine rings is 1. The molecule has 1 aromatic heterocycles. The molecule has 3 aromatic rings. The molecule has 0 radical (unpaired) electrons. The molecule has 0 saturated carbocycles. The zero-order valence-electron chi connectivity index (χ0n) is 18.1. The lowest BCUT2D eigenvalue weighted by molar-refractivity contribution is 0.0624. The topological polar surface area (TPSA) is 45.6 Å². The second-order valence-corrected chi connectivity index (χ2v) is 8.53. The van der Waals surface area contributed by atoms with E-state index in [0.717, 1.165) is 17.1 Å². The number of Topliss-reactive ketones (excluding diaryl/α,β-unsaturated/α-hetero) is 1. The Hall–Kier alpha value is -2.96. The van der Waals surface area contributed by atoms with Gasteiger partial charge in [-0.1, -0.05) is 17.7 Å². The standard InChI is InChI=1S/C25H25ClFN3O2/c1-17-14-23(18(2)30(17)22-8-6-21(27)7-9-22)24(31)16-28-10-12-29(13-11-28)25(32)19-4-3-5-20(26)15-19/h3-9,14-15H,10-13,16H2,1-2H3. The third-order valence-electron chi connectivity index (χ3n) is 5.91. The molecule has 0 atom stereocenters. The van der Waals surface area contributed by atoms with E-state index in [4.69, 9.17) is 11.6 Å². The summed E-state index contributed by atoms with van der Waals surface area (Å²) >= 11 is 6.00. The van der Waals surface area contributed by atoms with Gasteiger partial charge >= 0.3 is 0 Å². The molecule has 5 nitrogen and oxygen atoms in total. The van der Waals surface area contributed by atoms with E-state index >= 15 is 0 Å². The molecule has 2 heterocycles. The van der Waals surface area contributed by atoms with E-state index in [9.17, 15) is 14.0 Å². The first-order chi connectivity index (χ1) is 15.3. The second-order valence-electron chi connectivity index (χ2n) is 8.10. The Balaban J connectivity index is 1.40. The third-order valence-corrected chi connectivity index (χ3v) is 6.15. The molecule has 2 aromatic carbocycles. The molecule has 1 saturated heterocycles. The van der Waals surface area contributed by atoms with E-state index in [-0.39, 0.29) is 17.5 Å². The first-order valence-corrected chi connectivity index (χ1v) is 11.0. The molecule has 4 rings (SSSR count). The van der Waals surface area contributed by atoms with Gasteiger partial charge in [0.15, 0.2) is 5.78 Å². The van der Waals surface area contributed by atoms with Crippen molar-refractivity contribution in [2.24, 2.45) is 0 Å². The SMILES string of the molecule is Cc1cc(C(=O)CN2CCN(C(=O)c3cccc(Cl)c3)CC2)c(C)n1-c1ccc(F)cc1. The fourth-order valence-corrected chi connectivity index (χ4v) is 4.42. The molecule has 1 aliphatic rings. The Bertz CT molecular complexity index is 1150. The number of aromatic nitrogens is 1. The average molecular weight is 454 g/mol. The number of hydrogen-bond acceptors (Lipinski definition) is 3. The van der Waals surface area contributed by atoms with Gasteiger partial charge in [0.05, 0.1) is 6.54 Å². The van der Waals surface area contributed by atoms with Gasteiger partial charge in [0.25, 0.3) is 5.91 Å². The Labute approximate surface area is 192 Å². The van der Waals surface area contributed by atoms with Gasteiger partial charge < -0.3 is 9.47 Å². The van der Waals surface area contributed by atoms with Crippen molar-refractivity contribution >= 4 is 23.3 Å². The van der Waals surface area contributed by atoms with Gasteiger partial charge in [-0.15, -0.1) is 0 Å². The Kier molecular flexibility index (Phi) is 6.44. The van der Waals surface area contributed by atoms with Gasteiger partial charge in [0.1, 0.15) is 5.82 Å². The summed E-state index contributed by atoms with van der Waals surface area (Å²) in [5.74, 6) is -0.289. The molecule has 0 unspecified atom stereocenters. The van der Waals surface area contributed by atoms with Crippen LogP contribution >= 0.6 is 11.6 Å². The molecule has 1 amide bonds. The van der Waals surface area contributed by atoms with Crippen LogP contribution in [0.3, 0.4) is 0 Å². The first-order valence-electron chi connectivity index (χ1n) is 10.6. The number of hydrogen-bond donors (Lipinski definition) is 0. The predicted octanol–water partition coefficient (Wildman–Crippen LogP) is 4.53. The van der Waals surface area contributed by atoms with Crippen LogP contribution in [0.1, 0.15) is 32.1 Å². The van der Waals surface area contributed by atoms with Crippen LogP contribution in [0.15, 0.2) is 54.6 Å². The fourth-order valence-electron chi connectivity index (χ4n) is 4.23. The highest BCUT2D eigenvalue weighted by atomic mass is 35.5. The summed E-state index contributed by atoms with van der Waals surface area (Å²) in [6.45, 7) is 6.54. The fraction of sp³-hybridized carbons (Fsp3) is 0.280. The monoisotopic (exact) mass is 453 g/mol. The first kappa shape index (κ1) is 22.2. The highest BCUT2D eigenvalue weighted by molar-refractivity contribution is 6.30. The van der Waals surface area contributed by atoms with Crippen LogP contribution in [0.4, 0.5) is 4.39 Å². The lowest BCUT2D eigenvalue weighted by Gasteiger charge is -2.34. The van der Waals surface area contributed by atoms with Crippen LogP contribution in [-0.4, -0.2) is 58.8 Å². The third kappa shape index (κ3) is 4.61. The number of halogens is 2. The summed E-state index contributed by atoms with van der Waals surface area (Å²) in [6, 6.07) is 15.1. The maximum Gasteiger partial charge on any atom is 0.253 e. The minimum Gasteiger partial charge on any atom is -0.336 e. The van der Waals surface area contributed by atoms with Crippen molar-refractivity contribution in [3.63, 3.8) is 0 Å². The van der Waals surface area contributed by atoms with Crippen molar-refractivity contribution in [3.05, 3.63) is 88.0 Å². The van der Waals surface area contributed by atoms with Crippen LogP contribution in [0.5, 0.6) is 0 Å². The summed E-state index contributed by atoms with van der Waals surface area (Å²) in [7, 11) is 0. The van der Waals surface area contributed by atoms with E-state index in [0.29, 0.717) is 48.9 Å². The van der Waals surface area contributed by atoms with Crippen molar-refractivity contribution in [2.45, 2.75) is 13.8 Å². The van der Waals surface area contributed by atoms with E-state index in [1.165, 1.54) is 12.1 Å². The van der Waals surface area contributed by atoms with Gasteiger partial charge in [-0.05, 0) is 62.4 Å². The molecule has 1 fully saturated rings. The lowest BCUT2D eigenvalue weighted by Crippen LogP contribution is -2.49. The summed E-state index contributed by atoms with van der Waals surface area (Å²) in [5.41, 5.74) is 3.84. The largest absolute Gasteiger partial charge is 0.336 e. The van der Waals surface area contributed by atoms with E-state index in [1.807, 2.05) is 24.5 Å². The van der Waals surface area contributed by atoms with Gasteiger partial charge in [0.2, 0.25) is 0 Å². The molecular weight excluding hydrogens is 429 g/mol. The van der Waals surface area contributed by atoms with Crippen LogP contribution in [0, 0.1) is 19.7 Å². The maximum absolute atomic E-state index is 13.3. The van der Waals surface area contributed by atoms with Gasteiger partial charge in [-0.2, -0.15) is 0 Å². The van der Waals surface area contributed by atoms with Crippen molar-refractivity contribution in [1.29, 1.82) is 0 Å². The average Bonchev–Trinajstić information content (AvgIpc) is 3.08. The Morgan fingerprint density at radius 3 is 2.31 bits per heavy atom. The number of nitrogens with zero attached hydrogens (tertiary/aromatic N) is 3. The number of carbonyl (C=O) groups is 2. The van der Waals surface area contributed by atoms with Crippen LogP contribution in [0.25, 0.3) is 5.69 Å². The number of aryl methyl sites for hydroxylation is 1. The number of amides is 1. The van der Waals surface area contributed by atoms with Crippen molar-refractivity contribution in [1.82, 2.24) is 14.4 Å². The van der Waals surface area contributed by atoms with Crippen molar-refractivity contribution in [3.8, 4) is 5.69 Å². The predicted molar refractivity (Wildman–Crippen MR) is 123 cm³/mol. The minimum atomic E-state index is -0.291. The molecule has 32 heavy (non-hydrogen) atoms. The van der Waals surface area contributed by atoms with E-state index < -0.39 is 0 Å². The van der Waals surface area contributed by atoms with Gasteiger partial charge in [-0.25, -0.2) is 4.39 Å². The number of rotatable bonds is 5. The number of benzene rings is 2. The zero-order chi connectivity index (χ0) is 22.8. The molecule has 7 heteroatoms. The maximum atomic E-state index is 13.3. The quantitative estimate of drug-likeness (QED) is 0.533. The summed E-state index contributed by atoms with van der Waals surface area (Å²) in [5, 5.41) is 0.540. The summed E-state index contributed by atoms with van der Waals surface area (Å²) in [4.78, 5) is 29.6. The summed E-state index contributed by atoms with van der Waals surface area (Å²) in [6.07, 6.45) is 0. The van der Waals surface area contributed by atoms with Crippen molar-refractivity contribution < 1.29 is 14.0 Å². The minimum absolute atomic E-state index is 0.0404. The van der Waals surface area contributed by atoms with Crippen molar-refractivity contribution in [2.75, 3.05) is 32.7 Å². The highest BCUT2D eigenvalue weighted by Gasteiger charge is 2.25. The molecule has 0 spiro atoms. The summed E-state index contributed by atoms with van der Waals surface area (Å²) < 4.78 is 15.3. The number of carbonyl (C=O) groups excluding carboxylic acids is 2. The van der Waals surface area contributed by atoms with Crippen LogP contribution in [0.2, 0.25) is 5.02 Å². The lowest BCUT2D eigenvalue weighted by atomic mass is 10.1. The van der Waals surface area contributed by atoms with Crippen LogP contribution < -0.4 is 0 Å².